The van der Waals surface area contributed by atoms with Crippen molar-refractivity contribution in [1.29, 1.82) is 0 Å². The van der Waals surface area contributed by atoms with Crippen LogP contribution >= 0.6 is 43.6 Å². The first-order valence-corrected chi connectivity index (χ1v) is 8.90. The van der Waals surface area contributed by atoms with Gasteiger partial charge in [0.05, 0.1) is 0 Å². The van der Waals surface area contributed by atoms with E-state index in [1.807, 2.05) is 6.07 Å². The summed E-state index contributed by atoms with van der Waals surface area (Å²) >= 11 is 8.88. The molecule has 0 unspecified atom stereocenters. The molecular weight excluding hydrogens is 398 g/mol. The van der Waals surface area contributed by atoms with Crippen LogP contribution in [0.4, 0.5) is 0 Å². The molecule has 1 nitrogen and oxygen atoms in total. The van der Waals surface area contributed by atoms with Gasteiger partial charge < -0.3 is 5.32 Å². The highest BCUT2D eigenvalue weighted by Crippen LogP contribution is 2.33. The average Bonchev–Trinajstić information content (AvgIpc) is 2.37. The molecule has 0 aliphatic heterocycles. The van der Waals surface area contributed by atoms with Crippen molar-refractivity contribution in [2.45, 2.75) is 36.2 Å². The molecule has 0 spiro atoms. The Labute approximate surface area is 141 Å². The largest absolute Gasteiger partial charge is 0.310 e. The van der Waals surface area contributed by atoms with Gasteiger partial charge in [-0.2, -0.15) is 0 Å². The molecule has 0 atom stereocenters. The molecule has 2 aromatic rings. The SMILES string of the molecule is CC(C)NCc1ccc(Br)cc1Sc1cccc(Br)c1. The summed E-state index contributed by atoms with van der Waals surface area (Å²) in [6.07, 6.45) is 0. The van der Waals surface area contributed by atoms with Gasteiger partial charge in [-0.1, -0.05) is 69.6 Å². The van der Waals surface area contributed by atoms with Crippen molar-refractivity contribution in [2.75, 3.05) is 0 Å². The monoisotopic (exact) mass is 413 g/mol. The van der Waals surface area contributed by atoms with Crippen LogP contribution < -0.4 is 5.32 Å². The van der Waals surface area contributed by atoms with Crippen LogP contribution in [0, 0.1) is 0 Å². The summed E-state index contributed by atoms with van der Waals surface area (Å²) in [5.41, 5.74) is 1.33. The van der Waals surface area contributed by atoms with Crippen LogP contribution in [-0.2, 0) is 6.54 Å². The van der Waals surface area contributed by atoms with Gasteiger partial charge in [0.2, 0.25) is 0 Å². The van der Waals surface area contributed by atoms with E-state index in [4.69, 9.17) is 0 Å². The maximum absolute atomic E-state index is 3.56. The summed E-state index contributed by atoms with van der Waals surface area (Å²) < 4.78 is 2.22. The standard InChI is InChI=1S/C16H17Br2NS/c1-11(2)19-10-12-6-7-14(18)9-16(12)20-15-5-3-4-13(17)8-15/h3-9,11,19H,10H2,1-2H3. The van der Waals surface area contributed by atoms with E-state index in [0.717, 1.165) is 15.5 Å². The highest BCUT2D eigenvalue weighted by molar-refractivity contribution is 9.10. The topological polar surface area (TPSA) is 12.0 Å². The van der Waals surface area contributed by atoms with Crippen LogP contribution in [0.5, 0.6) is 0 Å². The molecule has 0 saturated heterocycles. The van der Waals surface area contributed by atoms with Crippen LogP contribution in [0.25, 0.3) is 0 Å². The first-order valence-electron chi connectivity index (χ1n) is 6.50. The molecule has 1 N–H and O–H groups in total. The second-order valence-corrected chi connectivity index (χ2v) is 7.79. The minimum absolute atomic E-state index is 0.488. The molecule has 0 fully saturated rings. The van der Waals surface area contributed by atoms with Crippen LogP contribution in [0.1, 0.15) is 19.4 Å². The van der Waals surface area contributed by atoms with Crippen molar-refractivity contribution in [3.05, 3.63) is 57.0 Å². The number of benzene rings is 2. The molecule has 0 heterocycles. The lowest BCUT2D eigenvalue weighted by molar-refractivity contribution is 0.584. The molecule has 0 saturated carbocycles. The van der Waals surface area contributed by atoms with Crippen molar-refractivity contribution < 1.29 is 0 Å². The third-order valence-corrected chi connectivity index (χ3v) is 4.83. The molecule has 106 valence electrons. The molecule has 4 heteroatoms. The van der Waals surface area contributed by atoms with Crippen molar-refractivity contribution in [2.24, 2.45) is 0 Å². The highest BCUT2D eigenvalue weighted by Gasteiger charge is 2.06. The van der Waals surface area contributed by atoms with Gasteiger partial charge in [0.15, 0.2) is 0 Å². The normalized spacial score (nSPS) is 11.1. The lowest BCUT2D eigenvalue weighted by atomic mass is 10.2. The zero-order valence-corrected chi connectivity index (χ0v) is 15.5. The van der Waals surface area contributed by atoms with Gasteiger partial charge in [-0.25, -0.2) is 0 Å². The molecule has 20 heavy (non-hydrogen) atoms. The fraction of sp³-hybridized carbons (Fsp3) is 0.250. The number of hydrogen-bond donors (Lipinski definition) is 1. The summed E-state index contributed by atoms with van der Waals surface area (Å²) in [6, 6.07) is 15.3. The molecular formula is C16H17Br2NS. The van der Waals surface area contributed by atoms with Gasteiger partial charge in [-0.05, 0) is 35.9 Å². The van der Waals surface area contributed by atoms with E-state index in [2.05, 4.69) is 87.4 Å². The maximum Gasteiger partial charge on any atom is 0.0219 e. The predicted octanol–water partition coefficient (Wildman–Crippen LogP) is 5.86. The van der Waals surface area contributed by atoms with Crippen LogP contribution in [0.2, 0.25) is 0 Å². The van der Waals surface area contributed by atoms with Crippen molar-refractivity contribution in [3.8, 4) is 0 Å². The lowest BCUT2D eigenvalue weighted by Gasteiger charge is -2.13. The van der Waals surface area contributed by atoms with E-state index in [1.54, 1.807) is 11.8 Å². The Balaban J connectivity index is 2.22. The smallest absolute Gasteiger partial charge is 0.0219 e. The molecule has 2 aromatic carbocycles. The Morgan fingerprint density at radius 2 is 1.80 bits per heavy atom. The van der Waals surface area contributed by atoms with Crippen LogP contribution in [0.15, 0.2) is 61.2 Å². The molecule has 0 aliphatic carbocycles. The number of hydrogen-bond acceptors (Lipinski definition) is 2. The van der Waals surface area contributed by atoms with E-state index in [-0.39, 0.29) is 0 Å². The van der Waals surface area contributed by atoms with E-state index in [1.165, 1.54) is 15.4 Å². The van der Waals surface area contributed by atoms with Crippen molar-refractivity contribution >= 4 is 43.6 Å². The molecule has 2 rings (SSSR count). The van der Waals surface area contributed by atoms with Crippen molar-refractivity contribution in [3.63, 3.8) is 0 Å². The minimum atomic E-state index is 0.488. The van der Waals surface area contributed by atoms with Gasteiger partial charge in [0, 0.05) is 31.3 Å². The number of nitrogens with one attached hydrogen (secondary N) is 1. The zero-order chi connectivity index (χ0) is 14.5. The molecule has 0 aromatic heterocycles. The highest BCUT2D eigenvalue weighted by atomic mass is 79.9. The van der Waals surface area contributed by atoms with Crippen LogP contribution in [0.3, 0.4) is 0 Å². The third kappa shape index (κ3) is 4.92. The van der Waals surface area contributed by atoms with E-state index in [9.17, 15) is 0 Å². The molecule has 0 radical (unpaired) electrons. The molecule has 0 amide bonds. The summed E-state index contributed by atoms with van der Waals surface area (Å²) in [4.78, 5) is 2.52. The van der Waals surface area contributed by atoms with Gasteiger partial charge in [-0.15, -0.1) is 0 Å². The summed E-state index contributed by atoms with van der Waals surface area (Å²) in [5, 5.41) is 3.48. The Kier molecular flexibility index (Phi) is 6.15. The van der Waals surface area contributed by atoms with Gasteiger partial charge >= 0.3 is 0 Å². The first kappa shape index (κ1) is 16.1. The second-order valence-electron chi connectivity index (χ2n) is 4.85. The lowest BCUT2D eigenvalue weighted by Crippen LogP contribution is -2.22. The predicted molar refractivity (Wildman–Crippen MR) is 94.4 cm³/mol. The van der Waals surface area contributed by atoms with E-state index in [0.29, 0.717) is 6.04 Å². The van der Waals surface area contributed by atoms with E-state index >= 15 is 0 Å². The summed E-state index contributed by atoms with van der Waals surface area (Å²) in [5.74, 6) is 0. The fourth-order valence-corrected chi connectivity index (χ4v) is 3.85. The average molecular weight is 415 g/mol. The van der Waals surface area contributed by atoms with Crippen molar-refractivity contribution in [1.82, 2.24) is 5.32 Å². The van der Waals surface area contributed by atoms with Gasteiger partial charge in [-0.3, -0.25) is 0 Å². The maximum atomic E-state index is 3.56. The Morgan fingerprint density at radius 1 is 1.05 bits per heavy atom. The van der Waals surface area contributed by atoms with E-state index < -0.39 is 0 Å². The first-order chi connectivity index (χ1) is 9.54. The van der Waals surface area contributed by atoms with Gasteiger partial charge in [0.25, 0.3) is 0 Å². The Hall–Kier alpha value is -0.290. The Morgan fingerprint density at radius 3 is 2.50 bits per heavy atom. The summed E-state index contributed by atoms with van der Waals surface area (Å²) in [7, 11) is 0. The zero-order valence-electron chi connectivity index (χ0n) is 11.5. The molecule has 0 aliphatic rings. The number of rotatable bonds is 5. The molecule has 0 bridgehead atoms. The third-order valence-electron chi connectivity index (χ3n) is 2.75. The fourth-order valence-electron chi connectivity index (χ4n) is 1.74. The van der Waals surface area contributed by atoms with Crippen LogP contribution in [-0.4, -0.2) is 6.04 Å². The minimum Gasteiger partial charge on any atom is -0.310 e. The van der Waals surface area contributed by atoms with Gasteiger partial charge in [0.1, 0.15) is 0 Å². The summed E-state index contributed by atoms with van der Waals surface area (Å²) in [6.45, 7) is 5.22. The second kappa shape index (κ2) is 7.64. The number of halogens is 2. The Bertz CT molecular complexity index is 584. The quantitative estimate of drug-likeness (QED) is 0.657.